The van der Waals surface area contributed by atoms with Crippen molar-refractivity contribution in [2.75, 3.05) is 19.0 Å². The zero-order valence-corrected chi connectivity index (χ0v) is 44.7. The molecule has 0 aliphatic carbocycles. The second-order valence-electron chi connectivity index (χ2n) is 19.2. The molecule has 0 amide bonds. The van der Waals surface area contributed by atoms with Crippen molar-refractivity contribution < 1.29 is 56.8 Å². The van der Waals surface area contributed by atoms with E-state index in [4.69, 9.17) is 18.9 Å². The zero-order chi connectivity index (χ0) is 51.2. The molecule has 406 valence electrons. The average Bonchev–Trinajstić information content (AvgIpc) is 3.33. The largest absolute Gasteiger partial charge is 0.462 e. The van der Waals surface area contributed by atoms with Crippen molar-refractivity contribution in [3.8, 4) is 0 Å². The van der Waals surface area contributed by atoms with Crippen molar-refractivity contribution in [1.82, 2.24) is 0 Å². The number of hydrogen-bond donors (Lipinski definition) is 4. The molecule has 0 aromatic heterocycles. The first-order valence-electron chi connectivity index (χ1n) is 27.8. The van der Waals surface area contributed by atoms with E-state index in [1.165, 1.54) is 141 Å². The Kier molecular flexibility index (Phi) is 43.1. The maximum absolute atomic E-state index is 12.9. The fourth-order valence-electron chi connectivity index (χ4n) is 8.25. The van der Waals surface area contributed by atoms with E-state index in [1.807, 2.05) is 12.2 Å². The normalized spacial score (nSPS) is 19.4. The van der Waals surface area contributed by atoms with Crippen LogP contribution in [0.4, 0.5) is 0 Å². The van der Waals surface area contributed by atoms with Crippen LogP contribution in [-0.2, 0) is 38.7 Å². The molecule has 1 heterocycles. The second-order valence-corrected chi connectivity index (χ2v) is 20.7. The number of carbonyl (C=O) groups is 2. The van der Waals surface area contributed by atoms with Crippen LogP contribution in [0.1, 0.15) is 232 Å². The summed E-state index contributed by atoms with van der Waals surface area (Å²) in [7, 11) is -4.62. The molecule has 0 aromatic carbocycles. The van der Waals surface area contributed by atoms with Gasteiger partial charge in [0.15, 0.2) is 12.4 Å². The van der Waals surface area contributed by atoms with Crippen LogP contribution in [0.15, 0.2) is 60.8 Å². The Balaban J connectivity index is 2.38. The fraction of sp³-hybridized carbons (Fsp3) is 0.789. The highest BCUT2D eigenvalue weighted by Gasteiger charge is 2.46. The van der Waals surface area contributed by atoms with Gasteiger partial charge in [0.05, 0.1) is 6.61 Å². The summed E-state index contributed by atoms with van der Waals surface area (Å²) < 4.78 is 54.3. The van der Waals surface area contributed by atoms with Gasteiger partial charge >= 0.3 is 11.9 Å². The molecule has 1 saturated heterocycles. The molecule has 1 aliphatic heterocycles. The zero-order valence-electron chi connectivity index (χ0n) is 43.9. The van der Waals surface area contributed by atoms with Crippen LogP contribution in [0, 0.1) is 0 Å². The lowest BCUT2D eigenvalue weighted by atomic mass is 10.00. The van der Waals surface area contributed by atoms with Gasteiger partial charge in [-0.1, -0.05) is 203 Å². The van der Waals surface area contributed by atoms with Crippen LogP contribution in [-0.4, -0.2) is 96.0 Å². The number of esters is 2. The summed E-state index contributed by atoms with van der Waals surface area (Å²) in [4.78, 5) is 25.6. The number of aliphatic hydroxyl groups excluding tert-OH is 3. The third-order valence-corrected chi connectivity index (χ3v) is 13.3. The van der Waals surface area contributed by atoms with Crippen molar-refractivity contribution >= 4 is 22.1 Å². The molecule has 6 atom stereocenters. The monoisotopic (exact) mass is 1010 g/mol. The molecule has 0 spiro atoms. The Morgan fingerprint density at radius 1 is 0.486 bits per heavy atom. The molecular formula is C57H100O12S. The Morgan fingerprint density at radius 3 is 1.33 bits per heavy atom. The summed E-state index contributed by atoms with van der Waals surface area (Å²) in [6, 6.07) is 0. The third-order valence-electron chi connectivity index (χ3n) is 12.6. The van der Waals surface area contributed by atoms with E-state index in [0.717, 1.165) is 44.9 Å². The van der Waals surface area contributed by atoms with E-state index in [0.29, 0.717) is 19.3 Å². The molecule has 0 saturated carbocycles. The molecular weight excluding hydrogens is 909 g/mol. The lowest BCUT2D eigenvalue weighted by Crippen LogP contribution is -2.60. The van der Waals surface area contributed by atoms with Crippen molar-refractivity contribution in [2.24, 2.45) is 0 Å². The number of ether oxygens (including phenoxy) is 4. The second kappa shape index (κ2) is 46.2. The van der Waals surface area contributed by atoms with E-state index in [9.17, 15) is 37.9 Å². The highest BCUT2D eigenvalue weighted by Crippen LogP contribution is 2.24. The van der Waals surface area contributed by atoms with Crippen LogP contribution in [0.25, 0.3) is 0 Å². The molecule has 1 fully saturated rings. The lowest BCUT2D eigenvalue weighted by Gasteiger charge is -2.40. The minimum Gasteiger partial charge on any atom is -0.462 e. The van der Waals surface area contributed by atoms with Crippen molar-refractivity contribution in [1.29, 1.82) is 0 Å². The predicted molar refractivity (Wildman–Crippen MR) is 284 cm³/mol. The summed E-state index contributed by atoms with van der Waals surface area (Å²) in [6.45, 7) is 3.74. The maximum Gasteiger partial charge on any atom is 0.306 e. The molecule has 2 unspecified atom stereocenters. The summed E-state index contributed by atoms with van der Waals surface area (Å²) >= 11 is 0. The molecule has 0 radical (unpaired) electrons. The summed E-state index contributed by atoms with van der Waals surface area (Å²) in [5.41, 5.74) is 0. The Bertz CT molecular complexity index is 1510. The van der Waals surface area contributed by atoms with Crippen LogP contribution in [0.3, 0.4) is 0 Å². The van der Waals surface area contributed by atoms with Crippen LogP contribution >= 0.6 is 0 Å². The number of carbonyl (C=O) groups excluding carboxylic acids is 2. The fourth-order valence-corrected chi connectivity index (χ4v) is 8.94. The minimum absolute atomic E-state index is 0.0874. The van der Waals surface area contributed by atoms with E-state index in [1.54, 1.807) is 0 Å². The van der Waals surface area contributed by atoms with Gasteiger partial charge in [0.1, 0.15) is 36.8 Å². The lowest BCUT2D eigenvalue weighted by molar-refractivity contribution is -0.297. The first-order valence-corrected chi connectivity index (χ1v) is 29.5. The van der Waals surface area contributed by atoms with Gasteiger partial charge in [-0.25, -0.2) is 0 Å². The topological polar surface area (TPSA) is 186 Å². The van der Waals surface area contributed by atoms with E-state index >= 15 is 0 Å². The van der Waals surface area contributed by atoms with Gasteiger partial charge in [0.25, 0.3) is 10.1 Å². The quantitative estimate of drug-likeness (QED) is 0.0196. The highest BCUT2D eigenvalue weighted by atomic mass is 32.2. The standard InChI is InChI=1S/C57H100O12S/c1-3-5-7-9-11-13-15-17-19-21-23-25-27-29-31-33-35-37-39-41-43-45-52(58)66-47-50(48-67-57-56(62)55(61)54(60)51(69-57)49-70(63,64)65)68-53(59)46-44-42-40-38-36-34-32-30-28-26-24-22-20-18-16-14-12-10-8-6-4-2/h17,19-20,22,26,28,32,34,38,40,50-51,54-57,60-62H,3-16,18,21,23-25,27,29-31,33,35-37,39,41-49H2,1-2H3,(H,63,64,65)/b19-17+,22-20+,28-26+,34-32+,40-38+/t50-,51-,54-,55?,56?,57+/m1/s1. The molecule has 12 nitrogen and oxygen atoms in total. The van der Waals surface area contributed by atoms with Crippen molar-refractivity contribution in [3.05, 3.63) is 60.8 Å². The average molecular weight is 1010 g/mol. The number of unbranched alkanes of at least 4 members (excludes halogenated alkanes) is 25. The number of hydrogen-bond acceptors (Lipinski definition) is 11. The van der Waals surface area contributed by atoms with Gasteiger partial charge in [-0.2, -0.15) is 8.42 Å². The molecule has 70 heavy (non-hydrogen) atoms. The Hall–Kier alpha value is -2.65. The Labute approximate surface area is 426 Å². The number of rotatable bonds is 47. The smallest absolute Gasteiger partial charge is 0.306 e. The van der Waals surface area contributed by atoms with Gasteiger partial charge in [-0.3, -0.25) is 14.1 Å². The van der Waals surface area contributed by atoms with Crippen LogP contribution in [0.5, 0.6) is 0 Å². The molecule has 1 rings (SSSR count). The minimum atomic E-state index is -4.62. The molecule has 1 aliphatic rings. The SMILES string of the molecule is CCCCCCCC/C=C/CCCCCCCCCCCCCC(=O)OC[C@H](CO[C@H]1O[C@H](CS(=O)(=O)O)[C@@H](O)C(O)C1O)OC(=O)CCC/C=C/C/C=C/C/C=C/C/C=C/CCCCCCCCC. The van der Waals surface area contributed by atoms with Gasteiger partial charge in [-0.15, -0.1) is 0 Å². The summed E-state index contributed by atoms with van der Waals surface area (Å²) in [6.07, 6.45) is 49.8. The molecule has 0 bridgehead atoms. The van der Waals surface area contributed by atoms with Crippen LogP contribution in [0.2, 0.25) is 0 Å². The van der Waals surface area contributed by atoms with Crippen molar-refractivity contribution in [3.63, 3.8) is 0 Å². The predicted octanol–water partition coefficient (Wildman–Crippen LogP) is 13.2. The number of aliphatic hydroxyl groups is 3. The van der Waals surface area contributed by atoms with Crippen molar-refractivity contribution in [2.45, 2.75) is 269 Å². The molecule has 0 aromatic rings. The molecule has 13 heteroatoms. The number of allylic oxidation sites excluding steroid dienone is 10. The van der Waals surface area contributed by atoms with Gasteiger partial charge in [-0.05, 0) is 77.0 Å². The first kappa shape index (κ1) is 65.4. The van der Waals surface area contributed by atoms with Gasteiger partial charge < -0.3 is 34.3 Å². The summed E-state index contributed by atoms with van der Waals surface area (Å²) in [5.74, 6) is -2.05. The first-order chi connectivity index (χ1) is 34.0. The Morgan fingerprint density at radius 2 is 0.871 bits per heavy atom. The summed E-state index contributed by atoms with van der Waals surface area (Å²) in [5, 5.41) is 31.0. The highest BCUT2D eigenvalue weighted by molar-refractivity contribution is 7.85. The van der Waals surface area contributed by atoms with E-state index in [-0.39, 0.29) is 19.4 Å². The van der Waals surface area contributed by atoms with Gasteiger partial charge in [0.2, 0.25) is 0 Å². The van der Waals surface area contributed by atoms with Gasteiger partial charge in [0, 0.05) is 12.8 Å². The maximum atomic E-state index is 12.9. The van der Waals surface area contributed by atoms with E-state index in [2.05, 4.69) is 62.5 Å². The van der Waals surface area contributed by atoms with Crippen LogP contribution < -0.4 is 0 Å². The third kappa shape index (κ3) is 39.9. The molecule has 4 N–H and O–H groups in total. The van der Waals surface area contributed by atoms with E-state index < -0.39 is 71.2 Å².